The van der Waals surface area contributed by atoms with Crippen LogP contribution in [0, 0.1) is 6.92 Å². The fourth-order valence-corrected chi connectivity index (χ4v) is 4.18. The molecule has 0 aromatic carbocycles. The Morgan fingerprint density at radius 3 is 2.57 bits per heavy atom. The molecule has 0 aliphatic carbocycles. The van der Waals surface area contributed by atoms with Crippen LogP contribution in [0.5, 0.6) is 0 Å². The number of carbonyl (C=O) groups excluding carboxylic acids is 1. The van der Waals surface area contributed by atoms with Crippen LogP contribution in [-0.2, 0) is 5.41 Å². The van der Waals surface area contributed by atoms with Gasteiger partial charge in [0.25, 0.3) is 5.91 Å². The molecule has 0 radical (unpaired) electrons. The van der Waals surface area contributed by atoms with Crippen LogP contribution in [0.3, 0.4) is 0 Å². The quantitative estimate of drug-likeness (QED) is 0.890. The number of nitrogens with one attached hydrogen (secondary N) is 1. The number of rotatable bonds is 5. The number of thiophene rings is 1. The molecule has 0 fully saturated rings. The highest BCUT2D eigenvalue weighted by atomic mass is 32.1. The number of amides is 1. The van der Waals surface area contributed by atoms with E-state index in [4.69, 9.17) is 0 Å². The van der Waals surface area contributed by atoms with Crippen LogP contribution in [0.4, 0.5) is 0 Å². The van der Waals surface area contributed by atoms with Gasteiger partial charge in [-0.25, -0.2) is 4.98 Å². The van der Waals surface area contributed by atoms with Crippen molar-refractivity contribution in [3.05, 3.63) is 38.0 Å². The summed E-state index contributed by atoms with van der Waals surface area (Å²) < 4.78 is 0. The van der Waals surface area contributed by atoms with Gasteiger partial charge in [-0.15, -0.1) is 22.7 Å². The van der Waals surface area contributed by atoms with Gasteiger partial charge in [-0.3, -0.25) is 4.79 Å². The molecule has 2 heterocycles. The fourth-order valence-electron chi connectivity index (χ4n) is 2.22. The fraction of sp³-hybridized carbons (Fsp3) is 0.529. The van der Waals surface area contributed by atoms with Crippen molar-refractivity contribution in [1.82, 2.24) is 15.2 Å². The van der Waals surface area contributed by atoms with E-state index in [0.717, 1.165) is 15.6 Å². The van der Waals surface area contributed by atoms with Crippen molar-refractivity contribution in [3.63, 3.8) is 0 Å². The highest BCUT2D eigenvalue weighted by molar-refractivity contribution is 7.14. The van der Waals surface area contributed by atoms with E-state index in [1.54, 1.807) is 11.3 Å². The molecule has 6 heteroatoms. The molecule has 1 atom stereocenters. The predicted molar refractivity (Wildman–Crippen MR) is 98.6 cm³/mol. The van der Waals surface area contributed by atoms with Crippen molar-refractivity contribution in [1.29, 1.82) is 0 Å². The Kier molecular flexibility index (Phi) is 5.60. The molecule has 1 unspecified atom stereocenters. The van der Waals surface area contributed by atoms with Crippen LogP contribution in [0.15, 0.2) is 17.5 Å². The van der Waals surface area contributed by atoms with Crippen LogP contribution in [0.25, 0.3) is 0 Å². The van der Waals surface area contributed by atoms with E-state index >= 15 is 0 Å². The van der Waals surface area contributed by atoms with Crippen LogP contribution in [0.1, 0.15) is 52.1 Å². The summed E-state index contributed by atoms with van der Waals surface area (Å²) in [4.78, 5) is 21.2. The van der Waals surface area contributed by atoms with Crippen molar-refractivity contribution < 1.29 is 4.79 Å². The second-order valence-electron chi connectivity index (χ2n) is 6.89. The zero-order chi connectivity index (χ0) is 17.2. The summed E-state index contributed by atoms with van der Waals surface area (Å²) in [5.41, 5.74) is 0.784. The lowest BCUT2D eigenvalue weighted by Crippen LogP contribution is -2.34. The van der Waals surface area contributed by atoms with Gasteiger partial charge in [0.15, 0.2) is 0 Å². The molecule has 0 saturated heterocycles. The number of likely N-dealkylation sites (N-methyl/N-ethyl adjacent to an activating group) is 1. The monoisotopic (exact) mass is 351 g/mol. The van der Waals surface area contributed by atoms with Gasteiger partial charge in [-0.05, 0) is 32.5 Å². The summed E-state index contributed by atoms with van der Waals surface area (Å²) in [5, 5.41) is 6.14. The van der Waals surface area contributed by atoms with Gasteiger partial charge in [0.1, 0.15) is 4.88 Å². The van der Waals surface area contributed by atoms with E-state index in [-0.39, 0.29) is 17.4 Å². The topological polar surface area (TPSA) is 45.2 Å². The van der Waals surface area contributed by atoms with Crippen LogP contribution < -0.4 is 5.32 Å². The summed E-state index contributed by atoms with van der Waals surface area (Å²) in [6, 6.07) is 4.34. The van der Waals surface area contributed by atoms with Gasteiger partial charge in [-0.1, -0.05) is 26.8 Å². The third-order valence-electron chi connectivity index (χ3n) is 3.60. The molecule has 2 aromatic rings. The third kappa shape index (κ3) is 4.40. The van der Waals surface area contributed by atoms with E-state index in [0.29, 0.717) is 6.54 Å². The second-order valence-corrected chi connectivity index (χ2v) is 8.87. The molecule has 0 bridgehead atoms. The Morgan fingerprint density at radius 2 is 2.09 bits per heavy atom. The number of aromatic nitrogens is 1. The molecule has 0 saturated carbocycles. The van der Waals surface area contributed by atoms with E-state index in [9.17, 15) is 4.79 Å². The lowest BCUT2D eigenvalue weighted by molar-refractivity contribution is 0.0945. The first-order chi connectivity index (χ1) is 10.7. The minimum atomic E-state index is -0.0307. The largest absolute Gasteiger partial charge is 0.349 e. The smallest absolute Gasteiger partial charge is 0.263 e. The predicted octanol–water partition coefficient (Wildman–Crippen LogP) is 3.84. The third-order valence-corrected chi connectivity index (χ3v) is 6.15. The highest BCUT2D eigenvalue weighted by Crippen LogP contribution is 2.29. The van der Waals surface area contributed by atoms with Gasteiger partial charge in [0.05, 0.1) is 16.7 Å². The molecule has 0 aliphatic heterocycles. The van der Waals surface area contributed by atoms with Crippen molar-refractivity contribution >= 4 is 28.6 Å². The van der Waals surface area contributed by atoms with Crippen LogP contribution in [-0.4, -0.2) is 36.4 Å². The molecule has 2 aromatic heterocycles. The van der Waals surface area contributed by atoms with Gasteiger partial charge in [0, 0.05) is 16.8 Å². The van der Waals surface area contributed by atoms with Gasteiger partial charge < -0.3 is 10.2 Å². The Labute approximate surface area is 146 Å². The average Bonchev–Trinajstić information content (AvgIpc) is 3.07. The Balaban J connectivity index is 2.09. The summed E-state index contributed by atoms with van der Waals surface area (Å²) in [7, 11) is 4.07. The maximum absolute atomic E-state index is 12.5. The molecule has 2 rings (SSSR count). The van der Waals surface area contributed by atoms with Crippen molar-refractivity contribution in [3.8, 4) is 0 Å². The Hall–Kier alpha value is -1.24. The van der Waals surface area contributed by atoms with Gasteiger partial charge in [0.2, 0.25) is 0 Å². The Bertz CT molecular complexity index is 654. The number of carbonyl (C=O) groups is 1. The maximum atomic E-state index is 12.5. The zero-order valence-electron chi connectivity index (χ0n) is 14.6. The van der Waals surface area contributed by atoms with E-state index in [1.165, 1.54) is 16.2 Å². The standard InChI is InChI=1S/C17H25N3OS2/c1-11-14(23-16(19-11)17(2,3)4)15(21)18-10-12(20(5)6)13-8-7-9-22-13/h7-9,12H,10H2,1-6H3,(H,18,21). The first-order valence-corrected chi connectivity index (χ1v) is 9.35. The zero-order valence-corrected chi connectivity index (χ0v) is 16.3. The molecule has 4 nitrogen and oxygen atoms in total. The molecule has 1 amide bonds. The number of thiazole rings is 1. The number of hydrogen-bond donors (Lipinski definition) is 1. The van der Waals surface area contributed by atoms with E-state index in [1.807, 2.05) is 27.1 Å². The van der Waals surface area contributed by atoms with Crippen molar-refractivity contribution in [2.24, 2.45) is 0 Å². The number of aryl methyl sites for hydroxylation is 1. The minimum Gasteiger partial charge on any atom is -0.349 e. The molecule has 23 heavy (non-hydrogen) atoms. The average molecular weight is 352 g/mol. The summed E-state index contributed by atoms with van der Waals surface area (Å²) in [5.74, 6) is -0.0288. The van der Waals surface area contributed by atoms with E-state index < -0.39 is 0 Å². The number of hydrogen-bond acceptors (Lipinski definition) is 5. The lowest BCUT2D eigenvalue weighted by atomic mass is 9.98. The summed E-state index contributed by atoms with van der Waals surface area (Å²) >= 11 is 3.21. The molecule has 1 N–H and O–H groups in total. The molecule has 0 aliphatic rings. The minimum absolute atomic E-state index is 0.0288. The molecular weight excluding hydrogens is 326 g/mol. The highest BCUT2D eigenvalue weighted by Gasteiger charge is 2.24. The first-order valence-electron chi connectivity index (χ1n) is 7.66. The summed E-state index contributed by atoms with van der Waals surface area (Å²) in [6.45, 7) is 8.85. The normalized spacial score (nSPS) is 13.3. The molecule has 0 spiro atoms. The van der Waals surface area contributed by atoms with Crippen LogP contribution in [0.2, 0.25) is 0 Å². The van der Waals surface area contributed by atoms with Gasteiger partial charge in [-0.2, -0.15) is 0 Å². The number of nitrogens with zero attached hydrogens (tertiary/aromatic N) is 2. The summed E-state index contributed by atoms with van der Waals surface area (Å²) in [6.07, 6.45) is 0. The second kappa shape index (κ2) is 7.11. The van der Waals surface area contributed by atoms with Gasteiger partial charge >= 0.3 is 0 Å². The molecular formula is C17H25N3OS2. The molecule has 126 valence electrons. The van der Waals surface area contributed by atoms with Crippen LogP contribution >= 0.6 is 22.7 Å². The van der Waals surface area contributed by atoms with E-state index in [2.05, 4.69) is 47.4 Å². The Morgan fingerprint density at radius 1 is 1.39 bits per heavy atom. The van der Waals surface area contributed by atoms with Crippen molar-refractivity contribution in [2.45, 2.75) is 39.2 Å². The van der Waals surface area contributed by atoms with Crippen molar-refractivity contribution in [2.75, 3.05) is 20.6 Å². The first kappa shape index (κ1) is 18.1. The maximum Gasteiger partial charge on any atom is 0.263 e. The lowest BCUT2D eigenvalue weighted by Gasteiger charge is -2.23. The SMILES string of the molecule is Cc1nc(C(C)(C)C)sc1C(=O)NCC(c1cccs1)N(C)C.